The molecule has 0 spiro atoms. The van der Waals surface area contributed by atoms with Crippen LogP contribution in [0.5, 0.6) is 11.5 Å². The predicted molar refractivity (Wildman–Crippen MR) is 158 cm³/mol. The molecule has 1 saturated heterocycles. The van der Waals surface area contributed by atoms with Crippen LogP contribution in [0.4, 0.5) is 10.5 Å². The van der Waals surface area contributed by atoms with Gasteiger partial charge in [-0.1, -0.05) is 72.2 Å². The number of rotatable bonds is 10. The van der Waals surface area contributed by atoms with Crippen LogP contribution in [-0.4, -0.2) is 35.2 Å². The number of para-hydroxylation sites is 1. The molecule has 0 saturated carbocycles. The number of halogens is 1. The lowest BCUT2D eigenvalue weighted by Crippen LogP contribution is -2.27. The second-order valence-corrected chi connectivity index (χ2v) is 10.9. The van der Waals surface area contributed by atoms with Gasteiger partial charge in [-0.3, -0.25) is 19.3 Å². The number of benzene rings is 3. The number of hydrogen-bond donors (Lipinski definition) is 1. The zero-order chi connectivity index (χ0) is 27.9. The number of nitrogens with one attached hydrogen (secondary N) is 1. The summed E-state index contributed by atoms with van der Waals surface area (Å²) < 4.78 is 12.4. The van der Waals surface area contributed by atoms with E-state index in [4.69, 9.17) is 9.47 Å². The number of hydrogen-bond acceptors (Lipinski definition) is 6. The van der Waals surface area contributed by atoms with E-state index in [9.17, 15) is 14.4 Å². The molecule has 0 atom stereocenters. The Bertz CT molecular complexity index is 1420. The van der Waals surface area contributed by atoms with E-state index in [2.05, 4.69) is 35.1 Å². The first-order valence-corrected chi connectivity index (χ1v) is 14.1. The van der Waals surface area contributed by atoms with Gasteiger partial charge >= 0.3 is 0 Å². The molecule has 0 bridgehead atoms. The summed E-state index contributed by atoms with van der Waals surface area (Å²) in [4.78, 5) is 39.8. The molecule has 0 aromatic heterocycles. The molecule has 1 fully saturated rings. The highest BCUT2D eigenvalue weighted by Crippen LogP contribution is 2.36. The molecule has 7 nitrogen and oxygen atoms in total. The van der Waals surface area contributed by atoms with Crippen LogP contribution in [0.1, 0.15) is 43.4 Å². The summed E-state index contributed by atoms with van der Waals surface area (Å²) in [6, 6.07) is 20.3. The lowest BCUT2D eigenvalue weighted by Gasteiger charge is -2.15. The van der Waals surface area contributed by atoms with Gasteiger partial charge in [0.15, 0.2) is 18.1 Å². The SMILES string of the molecule is CCOc1cc(/C=C2/SC(=O)N(Cc3ccccc3Br)C2=O)ccc1OCC(=O)Nc1ccccc1C(C)C. The summed E-state index contributed by atoms with van der Waals surface area (Å²) >= 11 is 4.37. The third-order valence-corrected chi connectivity index (χ3v) is 7.62. The molecule has 3 aromatic carbocycles. The Morgan fingerprint density at radius 3 is 2.51 bits per heavy atom. The minimum Gasteiger partial charge on any atom is -0.490 e. The molecular weight excluding hydrogens is 580 g/mol. The van der Waals surface area contributed by atoms with Crippen molar-refractivity contribution in [1.82, 2.24) is 4.90 Å². The highest BCUT2D eigenvalue weighted by molar-refractivity contribution is 9.10. The first-order valence-electron chi connectivity index (χ1n) is 12.5. The molecule has 0 unspecified atom stereocenters. The Morgan fingerprint density at radius 2 is 1.77 bits per heavy atom. The molecule has 9 heteroatoms. The van der Waals surface area contributed by atoms with E-state index < -0.39 is 0 Å². The van der Waals surface area contributed by atoms with Crippen molar-refractivity contribution in [2.24, 2.45) is 0 Å². The number of amides is 3. The Morgan fingerprint density at radius 1 is 1.03 bits per heavy atom. The van der Waals surface area contributed by atoms with Crippen LogP contribution in [0.25, 0.3) is 6.08 Å². The number of carbonyl (C=O) groups excluding carboxylic acids is 3. The van der Waals surface area contributed by atoms with Crippen LogP contribution >= 0.6 is 27.7 Å². The van der Waals surface area contributed by atoms with Gasteiger partial charge in [-0.05, 0) is 71.6 Å². The molecule has 0 radical (unpaired) electrons. The van der Waals surface area contributed by atoms with Gasteiger partial charge in [0.05, 0.1) is 18.1 Å². The van der Waals surface area contributed by atoms with Crippen LogP contribution in [0.15, 0.2) is 76.1 Å². The Kier molecular flexibility index (Phi) is 9.48. The van der Waals surface area contributed by atoms with Gasteiger partial charge in [0.2, 0.25) is 0 Å². The molecule has 1 aliphatic heterocycles. The number of imide groups is 1. The van der Waals surface area contributed by atoms with Crippen LogP contribution in [0.3, 0.4) is 0 Å². The quantitative estimate of drug-likeness (QED) is 0.244. The molecule has 1 N–H and O–H groups in total. The molecule has 4 rings (SSSR count). The normalized spacial score (nSPS) is 14.3. The largest absolute Gasteiger partial charge is 0.490 e. The number of nitrogens with zero attached hydrogens (tertiary/aromatic N) is 1. The van der Waals surface area contributed by atoms with E-state index in [-0.39, 0.29) is 36.1 Å². The maximum atomic E-state index is 13.0. The standard InChI is InChI=1S/C30H29BrN2O5S/c1-4-37-26-15-20(16-27-29(35)33(30(36)39-27)17-21-9-5-7-11-23(21)31)13-14-25(26)38-18-28(34)32-24-12-8-6-10-22(24)19(2)3/h5-16,19H,4,17-18H2,1-3H3,(H,32,34)/b27-16+. The Hall–Kier alpha value is -3.56. The van der Waals surface area contributed by atoms with E-state index in [0.29, 0.717) is 28.6 Å². The van der Waals surface area contributed by atoms with Crippen molar-refractivity contribution >= 4 is 56.5 Å². The third kappa shape index (κ3) is 7.10. The number of thioether (sulfide) groups is 1. The molecule has 3 aromatic rings. The minimum absolute atomic E-state index is 0.185. The topological polar surface area (TPSA) is 84.9 Å². The second-order valence-electron chi connectivity index (χ2n) is 9.08. The van der Waals surface area contributed by atoms with E-state index in [0.717, 1.165) is 33.0 Å². The molecule has 1 heterocycles. The van der Waals surface area contributed by atoms with Gasteiger partial charge in [-0.15, -0.1) is 0 Å². The first-order chi connectivity index (χ1) is 18.8. The second kappa shape index (κ2) is 13.0. The van der Waals surface area contributed by atoms with E-state index in [1.807, 2.05) is 55.5 Å². The smallest absolute Gasteiger partial charge is 0.293 e. The maximum absolute atomic E-state index is 13.0. The van der Waals surface area contributed by atoms with Crippen LogP contribution in [-0.2, 0) is 16.1 Å². The predicted octanol–water partition coefficient (Wildman–Crippen LogP) is 7.23. The molecule has 0 aliphatic carbocycles. The van der Waals surface area contributed by atoms with Crippen LogP contribution < -0.4 is 14.8 Å². The van der Waals surface area contributed by atoms with Crippen molar-refractivity contribution in [1.29, 1.82) is 0 Å². The highest BCUT2D eigenvalue weighted by atomic mass is 79.9. The zero-order valence-electron chi connectivity index (χ0n) is 21.9. The summed E-state index contributed by atoms with van der Waals surface area (Å²) in [6.45, 7) is 6.36. The highest BCUT2D eigenvalue weighted by Gasteiger charge is 2.35. The van der Waals surface area contributed by atoms with Gasteiger partial charge in [0.25, 0.3) is 17.1 Å². The number of ether oxygens (including phenoxy) is 2. The zero-order valence-corrected chi connectivity index (χ0v) is 24.3. The number of carbonyl (C=O) groups is 3. The Balaban J connectivity index is 1.45. The van der Waals surface area contributed by atoms with Crippen LogP contribution in [0.2, 0.25) is 0 Å². The van der Waals surface area contributed by atoms with Gasteiger partial charge in [-0.2, -0.15) is 0 Å². The summed E-state index contributed by atoms with van der Waals surface area (Å²) in [5.74, 6) is 0.476. The molecule has 1 aliphatic rings. The summed E-state index contributed by atoms with van der Waals surface area (Å²) in [7, 11) is 0. The van der Waals surface area contributed by atoms with E-state index in [1.54, 1.807) is 24.3 Å². The molecule has 202 valence electrons. The van der Waals surface area contributed by atoms with Crippen molar-refractivity contribution in [3.05, 3.63) is 92.8 Å². The lowest BCUT2D eigenvalue weighted by molar-refractivity contribution is -0.123. The van der Waals surface area contributed by atoms with Gasteiger partial charge in [0, 0.05) is 10.2 Å². The monoisotopic (exact) mass is 608 g/mol. The van der Waals surface area contributed by atoms with E-state index >= 15 is 0 Å². The van der Waals surface area contributed by atoms with Gasteiger partial charge in [-0.25, -0.2) is 0 Å². The summed E-state index contributed by atoms with van der Waals surface area (Å²) in [5.41, 5.74) is 3.33. The lowest BCUT2D eigenvalue weighted by atomic mass is 10.0. The van der Waals surface area contributed by atoms with Gasteiger partial charge < -0.3 is 14.8 Å². The average molecular weight is 610 g/mol. The van der Waals surface area contributed by atoms with Crippen molar-refractivity contribution in [3.63, 3.8) is 0 Å². The minimum atomic E-state index is -0.350. The van der Waals surface area contributed by atoms with Gasteiger partial charge in [0.1, 0.15) is 0 Å². The summed E-state index contributed by atoms with van der Waals surface area (Å²) in [6.07, 6.45) is 1.66. The molecule has 3 amide bonds. The average Bonchev–Trinajstić information content (AvgIpc) is 3.17. The third-order valence-electron chi connectivity index (χ3n) is 5.94. The fourth-order valence-electron chi connectivity index (χ4n) is 4.03. The van der Waals surface area contributed by atoms with Crippen molar-refractivity contribution in [2.45, 2.75) is 33.2 Å². The first kappa shape index (κ1) is 28.4. The summed E-state index contributed by atoms with van der Waals surface area (Å²) in [5, 5.41) is 2.59. The maximum Gasteiger partial charge on any atom is 0.293 e. The Labute approximate surface area is 240 Å². The molecule has 39 heavy (non-hydrogen) atoms. The van der Waals surface area contributed by atoms with Crippen molar-refractivity contribution in [2.75, 3.05) is 18.5 Å². The van der Waals surface area contributed by atoms with Crippen molar-refractivity contribution < 1.29 is 23.9 Å². The fourth-order valence-corrected chi connectivity index (χ4v) is 5.28. The van der Waals surface area contributed by atoms with Crippen LogP contribution in [0, 0.1) is 0 Å². The van der Waals surface area contributed by atoms with Crippen molar-refractivity contribution in [3.8, 4) is 11.5 Å². The number of anilines is 1. The molecular formula is C30H29BrN2O5S. The van der Waals surface area contributed by atoms with E-state index in [1.165, 1.54) is 4.90 Å². The fraction of sp³-hybridized carbons (Fsp3) is 0.233.